The van der Waals surface area contributed by atoms with Gasteiger partial charge in [-0.1, -0.05) is 0 Å². The van der Waals surface area contributed by atoms with Crippen LogP contribution in [0.25, 0.3) is 0 Å². The first-order chi connectivity index (χ1) is 5.61. The number of ketones is 1. The monoisotopic (exact) mass is 169 g/mol. The van der Waals surface area contributed by atoms with Crippen molar-refractivity contribution in [3.05, 3.63) is 0 Å². The maximum Gasteiger partial charge on any atom is 0.132 e. The predicted molar refractivity (Wildman–Crippen MR) is 49.8 cm³/mol. The van der Waals surface area contributed by atoms with Gasteiger partial charge in [0.2, 0.25) is 0 Å². The van der Waals surface area contributed by atoms with Crippen molar-refractivity contribution in [1.29, 1.82) is 0 Å². The summed E-state index contributed by atoms with van der Waals surface area (Å²) in [6.07, 6.45) is 4.40. The van der Waals surface area contributed by atoms with Crippen LogP contribution in [0.2, 0.25) is 0 Å². The van der Waals surface area contributed by atoms with Crippen LogP contribution < -0.4 is 5.73 Å². The van der Waals surface area contributed by atoms with Crippen LogP contribution in [-0.4, -0.2) is 11.8 Å². The molecule has 1 saturated carbocycles. The predicted octanol–water partition coefficient (Wildman–Crippen LogP) is 1.73. The van der Waals surface area contributed by atoms with Gasteiger partial charge >= 0.3 is 0 Å². The summed E-state index contributed by atoms with van der Waals surface area (Å²) < 4.78 is 0. The lowest BCUT2D eigenvalue weighted by atomic mass is 9.78. The van der Waals surface area contributed by atoms with Crippen LogP contribution in [0.3, 0.4) is 0 Å². The molecule has 1 atom stereocenters. The third-order valence-electron chi connectivity index (χ3n) is 3.09. The van der Waals surface area contributed by atoms with Gasteiger partial charge in [0.15, 0.2) is 0 Å². The Morgan fingerprint density at radius 3 is 2.17 bits per heavy atom. The molecule has 70 valence electrons. The van der Waals surface area contributed by atoms with Crippen molar-refractivity contribution >= 4 is 5.78 Å². The van der Waals surface area contributed by atoms with Crippen LogP contribution in [-0.2, 0) is 4.79 Å². The third kappa shape index (κ3) is 2.31. The van der Waals surface area contributed by atoms with Crippen molar-refractivity contribution < 1.29 is 4.79 Å². The molecule has 0 bridgehead atoms. The van der Waals surface area contributed by atoms with Gasteiger partial charge in [0.1, 0.15) is 5.78 Å². The molecule has 2 N–H and O–H groups in total. The molecule has 0 radical (unpaired) electrons. The minimum atomic E-state index is 0.304. The highest BCUT2D eigenvalue weighted by molar-refractivity contribution is 5.78. The van der Waals surface area contributed by atoms with E-state index in [0.29, 0.717) is 23.7 Å². The lowest BCUT2D eigenvalue weighted by molar-refractivity contribution is -0.121. The van der Waals surface area contributed by atoms with Crippen molar-refractivity contribution in [2.75, 3.05) is 0 Å². The highest BCUT2D eigenvalue weighted by Gasteiger charge is 2.25. The fraction of sp³-hybridized carbons (Fsp3) is 0.900. The van der Waals surface area contributed by atoms with Crippen molar-refractivity contribution in [3.63, 3.8) is 0 Å². The van der Waals surface area contributed by atoms with Crippen LogP contribution in [0.5, 0.6) is 0 Å². The van der Waals surface area contributed by atoms with Gasteiger partial charge in [-0.05, 0) is 45.4 Å². The molecule has 1 rings (SSSR count). The summed E-state index contributed by atoms with van der Waals surface area (Å²) in [7, 11) is 0. The lowest BCUT2D eigenvalue weighted by Crippen LogP contribution is -2.31. The molecule has 2 nitrogen and oxygen atoms in total. The summed E-state index contributed by atoms with van der Waals surface area (Å²) in [5.74, 6) is 1.35. The first-order valence-electron chi connectivity index (χ1n) is 4.87. The number of Topliss-reactive ketones (excluding diaryl/α,β-unsaturated/α-hetero) is 1. The van der Waals surface area contributed by atoms with Crippen LogP contribution in [0.4, 0.5) is 0 Å². The second-order valence-electron chi connectivity index (χ2n) is 4.08. The van der Waals surface area contributed by atoms with Crippen molar-refractivity contribution in [3.8, 4) is 0 Å². The third-order valence-corrected chi connectivity index (χ3v) is 3.09. The number of rotatable bonds is 2. The van der Waals surface area contributed by atoms with Crippen LogP contribution >= 0.6 is 0 Å². The largest absolute Gasteiger partial charge is 0.328 e. The molecule has 0 aromatic heterocycles. The van der Waals surface area contributed by atoms with Gasteiger partial charge in [-0.2, -0.15) is 0 Å². The molecule has 2 heteroatoms. The molecule has 0 aromatic rings. The van der Waals surface area contributed by atoms with Crippen LogP contribution in [0.1, 0.15) is 39.5 Å². The standard InChI is InChI=1S/C10H19NO/c1-7(11)9-3-5-10(6-4-9)8(2)12/h7,9-10H,3-6,11H2,1-2H3. The Kier molecular flexibility index (Phi) is 3.27. The van der Waals surface area contributed by atoms with E-state index in [1.807, 2.05) is 0 Å². The smallest absolute Gasteiger partial charge is 0.132 e. The van der Waals surface area contributed by atoms with Gasteiger partial charge in [-0.3, -0.25) is 4.79 Å². The average Bonchev–Trinajstić information content (AvgIpc) is 2.04. The molecule has 1 fully saturated rings. The summed E-state index contributed by atoms with van der Waals surface area (Å²) >= 11 is 0. The number of carbonyl (C=O) groups is 1. The first kappa shape index (κ1) is 9.72. The normalized spacial score (nSPS) is 32.9. The molecule has 1 unspecified atom stereocenters. The Hall–Kier alpha value is -0.370. The molecule has 0 aliphatic heterocycles. The zero-order valence-electron chi connectivity index (χ0n) is 8.05. The maximum absolute atomic E-state index is 11.0. The van der Waals surface area contributed by atoms with E-state index < -0.39 is 0 Å². The highest BCUT2D eigenvalue weighted by atomic mass is 16.1. The van der Waals surface area contributed by atoms with Gasteiger partial charge in [-0.15, -0.1) is 0 Å². The Labute approximate surface area is 74.5 Å². The second-order valence-corrected chi connectivity index (χ2v) is 4.08. The van der Waals surface area contributed by atoms with Crippen molar-refractivity contribution in [2.24, 2.45) is 17.6 Å². The Morgan fingerprint density at radius 2 is 1.83 bits per heavy atom. The zero-order valence-corrected chi connectivity index (χ0v) is 8.05. The molecule has 12 heavy (non-hydrogen) atoms. The zero-order chi connectivity index (χ0) is 9.14. The summed E-state index contributed by atoms with van der Waals surface area (Å²) in [4.78, 5) is 11.0. The SMILES string of the molecule is CC(=O)C1CCC(C(C)N)CC1. The fourth-order valence-electron chi connectivity index (χ4n) is 2.05. The van der Waals surface area contributed by atoms with Crippen molar-refractivity contribution in [2.45, 2.75) is 45.6 Å². The minimum Gasteiger partial charge on any atom is -0.328 e. The molecule has 0 spiro atoms. The van der Waals surface area contributed by atoms with Gasteiger partial charge in [0, 0.05) is 12.0 Å². The quantitative estimate of drug-likeness (QED) is 0.684. The van der Waals surface area contributed by atoms with E-state index >= 15 is 0 Å². The second kappa shape index (κ2) is 4.04. The van der Waals surface area contributed by atoms with E-state index in [-0.39, 0.29) is 0 Å². The number of hydrogen-bond acceptors (Lipinski definition) is 2. The molecular weight excluding hydrogens is 150 g/mol. The summed E-state index contributed by atoms with van der Waals surface area (Å²) in [5, 5.41) is 0. The molecule has 0 amide bonds. The number of carbonyl (C=O) groups excluding carboxylic acids is 1. The summed E-state index contributed by atoms with van der Waals surface area (Å²) in [5.41, 5.74) is 5.80. The van der Waals surface area contributed by atoms with E-state index in [2.05, 4.69) is 6.92 Å². The van der Waals surface area contributed by atoms with Crippen molar-refractivity contribution in [1.82, 2.24) is 0 Å². The Bertz CT molecular complexity index is 157. The highest BCUT2D eigenvalue weighted by Crippen LogP contribution is 2.30. The number of hydrogen-bond donors (Lipinski definition) is 1. The summed E-state index contributed by atoms with van der Waals surface area (Å²) in [6.45, 7) is 3.77. The maximum atomic E-state index is 11.0. The van der Waals surface area contributed by atoms with Gasteiger partial charge in [0.05, 0.1) is 0 Å². The Morgan fingerprint density at radius 1 is 1.33 bits per heavy atom. The van der Waals surface area contributed by atoms with E-state index in [0.717, 1.165) is 25.7 Å². The molecule has 0 saturated heterocycles. The molecule has 1 aliphatic carbocycles. The first-order valence-corrected chi connectivity index (χ1v) is 4.87. The van der Waals surface area contributed by atoms with E-state index in [1.54, 1.807) is 6.92 Å². The molecular formula is C10H19NO. The van der Waals surface area contributed by atoms with Gasteiger partial charge in [-0.25, -0.2) is 0 Å². The van der Waals surface area contributed by atoms with E-state index in [9.17, 15) is 4.79 Å². The van der Waals surface area contributed by atoms with E-state index in [4.69, 9.17) is 5.73 Å². The molecule has 1 aliphatic rings. The molecule has 0 heterocycles. The van der Waals surface area contributed by atoms with E-state index in [1.165, 1.54) is 0 Å². The Balaban J connectivity index is 2.34. The minimum absolute atomic E-state index is 0.304. The van der Waals surface area contributed by atoms with Gasteiger partial charge < -0.3 is 5.73 Å². The fourth-order valence-corrected chi connectivity index (χ4v) is 2.05. The van der Waals surface area contributed by atoms with Crippen LogP contribution in [0, 0.1) is 11.8 Å². The topological polar surface area (TPSA) is 43.1 Å². The molecule has 0 aromatic carbocycles. The number of nitrogens with two attached hydrogens (primary N) is 1. The van der Waals surface area contributed by atoms with Gasteiger partial charge in [0.25, 0.3) is 0 Å². The summed E-state index contributed by atoms with van der Waals surface area (Å²) in [6, 6.07) is 0.304. The average molecular weight is 169 g/mol. The lowest BCUT2D eigenvalue weighted by Gasteiger charge is -2.29. The van der Waals surface area contributed by atoms with Crippen LogP contribution in [0.15, 0.2) is 0 Å².